The molecule has 0 spiro atoms. The summed E-state index contributed by atoms with van der Waals surface area (Å²) in [6.45, 7) is 0. The minimum Gasteiger partial charge on any atom is -0.496 e. The van der Waals surface area contributed by atoms with Gasteiger partial charge in [0, 0.05) is 17.2 Å². The molecule has 1 N–H and O–H groups in total. The van der Waals surface area contributed by atoms with Crippen LogP contribution in [0, 0.1) is 0 Å². The second-order valence-electron chi connectivity index (χ2n) is 4.28. The molecule has 0 bridgehead atoms. The van der Waals surface area contributed by atoms with Crippen LogP contribution < -0.4 is 14.8 Å². The molecular formula is C13H16BrNO3. The fraction of sp³-hybridized carbons (Fsp3) is 0.462. The average molecular weight is 314 g/mol. The molecule has 0 fully saturated rings. The first-order valence-corrected chi connectivity index (χ1v) is 6.62. The SMILES string of the molecule is COc1cc(Br)c(OC)c2c1CC(NC=O)CC2. The number of halogens is 1. The topological polar surface area (TPSA) is 47.6 Å². The van der Waals surface area contributed by atoms with Crippen molar-refractivity contribution in [2.24, 2.45) is 0 Å². The van der Waals surface area contributed by atoms with Gasteiger partial charge in [-0.25, -0.2) is 0 Å². The highest BCUT2D eigenvalue weighted by molar-refractivity contribution is 9.10. The Morgan fingerprint density at radius 3 is 2.78 bits per heavy atom. The Kier molecular flexibility index (Phi) is 4.11. The molecule has 0 aliphatic heterocycles. The quantitative estimate of drug-likeness (QED) is 0.866. The third-order valence-corrected chi connectivity index (χ3v) is 3.92. The Morgan fingerprint density at radius 1 is 1.39 bits per heavy atom. The number of ether oxygens (including phenoxy) is 2. The number of carbonyl (C=O) groups excluding carboxylic acids is 1. The molecule has 18 heavy (non-hydrogen) atoms. The Hall–Kier alpha value is -1.23. The molecule has 98 valence electrons. The lowest BCUT2D eigenvalue weighted by atomic mass is 9.87. The predicted octanol–water partition coefficient (Wildman–Crippen LogP) is 2.07. The average Bonchev–Trinajstić information content (AvgIpc) is 2.38. The van der Waals surface area contributed by atoms with Crippen molar-refractivity contribution in [2.45, 2.75) is 25.3 Å². The van der Waals surface area contributed by atoms with Gasteiger partial charge in [0.05, 0.1) is 18.7 Å². The second kappa shape index (κ2) is 5.61. The maximum absolute atomic E-state index is 10.5. The third kappa shape index (κ3) is 2.32. The van der Waals surface area contributed by atoms with Crippen LogP contribution in [0.4, 0.5) is 0 Å². The highest BCUT2D eigenvalue weighted by Crippen LogP contribution is 2.41. The highest BCUT2D eigenvalue weighted by atomic mass is 79.9. The summed E-state index contributed by atoms with van der Waals surface area (Å²) in [5.41, 5.74) is 2.30. The molecule has 1 aliphatic rings. The van der Waals surface area contributed by atoms with Gasteiger partial charge in [-0.05, 0) is 41.3 Å². The number of hydrogen-bond donors (Lipinski definition) is 1. The number of carbonyl (C=O) groups is 1. The van der Waals surface area contributed by atoms with E-state index in [9.17, 15) is 4.79 Å². The van der Waals surface area contributed by atoms with E-state index in [4.69, 9.17) is 9.47 Å². The molecule has 1 unspecified atom stereocenters. The number of fused-ring (bicyclic) bond motifs is 1. The maximum atomic E-state index is 10.5. The zero-order chi connectivity index (χ0) is 13.1. The molecule has 1 aromatic carbocycles. The Balaban J connectivity index is 2.44. The first-order valence-electron chi connectivity index (χ1n) is 5.83. The van der Waals surface area contributed by atoms with Crippen molar-refractivity contribution in [3.63, 3.8) is 0 Å². The second-order valence-corrected chi connectivity index (χ2v) is 5.13. The van der Waals surface area contributed by atoms with Crippen molar-refractivity contribution in [1.82, 2.24) is 5.32 Å². The van der Waals surface area contributed by atoms with Crippen LogP contribution in [0.5, 0.6) is 11.5 Å². The van der Waals surface area contributed by atoms with E-state index in [0.717, 1.165) is 47.2 Å². The van der Waals surface area contributed by atoms with E-state index in [0.29, 0.717) is 0 Å². The third-order valence-electron chi connectivity index (χ3n) is 3.33. The van der Waals surface area contributed by atoms with Crippen molar-refractivity contribution >= 4 is 22.3 Å². The van der Waals surface area contributed by atoms with Gasteiger partial charge in [-0.3, -0.25) is 4.79 Å². The summed E-state index contributed by atoms with van der Waals surface area (Å²) < 4.78 is 11.8. The molecule has 0 saturated carbocycles. The minimum atomic E-state index is 0.176. The van der Waals surface area contributed by atoms with Crippen LogP contribution in [0.15, 0.2) is 10.5 Å². The maximum Gasteiger partial charge on any atom is 0.207 e. The van der Waals surface area contributed by atoms with Crippen molar-refractivity contribution in [3.05, 3.63) is 21.7 Å². The summed E-state index contributed by atoms with van der Waals surface area (Å²) in [5, 5.41) is 2.84. The number of methoxy groups -OCH3 is 2. The zero-order valence-corrected chi connectivity index (χ0v) is 12.0. The molecule has 0 saturated heterocycles. The zero-order valence-electron chi connectivity index (χ0n) is 10.5. The monoisotopic (exact) mass is 313 g/mol. The molecule has 1 atom stereocenters. The summed E-state index contributed by atoms with van der Waals surface area (Å²) in [5.74, 6) is 1.71. The minimum absolute atomic E-state index is 0.176. The first kappa shape index (κ1) is 13.2. The van der Waals surface area contributed by atoms with Crippen molar-refractivity contribution in [1.29, 1.82) is 0 Å². The summed E-state index contributed by atoms with van der Waals surface area (Å²) in [6.07, 6.45) is 3.33. The number of rotatable bonds is 4. The van der Waals surface area contributed by atoms with E-state index in [1.54, 1.807) is 14.2 Å². The first-order chi connectivity index (χ1) is 8.71. The van der Waals surface area contributed by atoms with Crippen LogP contribution in [0.2, 0.25) is 0 Å². The van der Waals surface area contributed by atoms with E-state index in [1.165, 1.54) is 5.56 Å². The number of hydrogen-bond acceptors (Lipinski definition) is 3. The fourth-order valence-electron chi connectivity index (χ4n) is 2.49. The highest BCUT2D eigenvalue weighted by Gasteiger charge is 2.25. The van der Waals surface area contributed by atoms with Gasteiger partial charge in [-0.2, -0.15) is 0 Å². The van der Waals surface area contributed by atoms with Crippen LogP contribution in [0.1, 0.15) is 17.5 Å². The van der Waals surface area contributed by atoms with Crippen LogP contribution >= 0.6 is 15.9 Å². The molecular weight excluding hydrogens is 298 g/mol. The summed E-state index contributed by atoms with van der Waals surface area (Å²) in [4.78, 5) is 10.5. The molecule has 0 heterocycles. The summed E-state index contributed by atoms with van der Waals surface area (Å²) in [6, 6.07) is 2.09. The molecule has 1 aromatic rings. The van der Waals surface area contributed by atoms with E-state index in [-0.39, 0.29) is 6.04 Å². The van der Waals surface area contributed by atoms with Crippen LogP contribution in [-0.4, -0.2) is 26.7 Å². The largest absolute Gasteiger partial charge is 0.496 e. The van der Waals surface area contributed by atoms with Crippen LogP contribution in [0.25, 0.3) is 0 Å². The number of benzene rings is 1. The summed E-state index contributed by atoms with van der Waals surface area (Å²) >= 11 is 3.50. The van der Waals surface area contributed by atoms with Crippen molar-refractivity contribution in [2.75, 3.05) is 14.2 Å². The van der Waals surface area contributed by atoms with E-state index < -0.39 is 0 Å². The lowest BCUT2D eigenvalue weighted by Crippen LogP contribution is -2.33. The van der Waals surface area contributed by atoms with E-state index in [2.05, 4.69) is 21.2 Å². The van der Waals surface area contributed by atoms with Crippen molar-refractivity contribution < 1.29 is 14.3 Å². The van der Waals surface area contributed by atoms with Gasteiger partial charge < -0.3 is 14.8 Å². The molecule has 1 aliphatic carbocycles. The van der Waals surface area contributed by atoms with Gasteiger partial charge in [-0.15, -0.1) is 0 Å². The predicted molar refractivity (Wildman–Crippen MR) is 72.3 cm³/mol. The standard InChI is InChI=1S/C13H16BrNO3/c1-17-12-6-11(14)13(18-2)9-4-3-8(15-7-16)5-10(9)12/h6-8H,3-5H2,1-2H3,(H,15,16). The number of amides is 1. The summed E-state index contributed by atoms with van der Waals surface area (Å²) in [7, 11) is 3.33. The molecule has 2 rings (SSSR count). The van der Waals surface area contributed by atoms with Crippen LogP contribution in [0.3, 0.4) is 0 Å². The number of nitrogens with one attached hydrogen (secondary N) is 1. The van der Waals surface area contributed by atoms with Gasteiger partial charge in [0.25, 0.3) is 0 Å². The van der Waals surface area contributed by atoms with E-state index >= 15 is 0 Å². The molecule has 0 aromatic heterocycles. The molecule has 1 amide bonds. The Bertz CT molecular complexity index is 462. The smallest absolute Gasteiger partial charge is 0.207 e. The van der Waals surface area contributed by atoms with Crippen LogP contribution in [-0.2, 0) is 17.6 Å². The Labute approximate surface area is 115 Å². The van der Waals surface area contributed by atoms with Gasteiger partial charge >= 0.3 is 0 Å². The fourth-order valence-corrected chi connectivity index (χ4v) is 3.10. The van der Waals surface area contributed by atoms with Gasteiger partial charge in [0.1, 0.15) is 11.5 Å². The molecule has 4 nitrogen and oxygen atoms in total. The van der Waals surface area contributed by atoms with Gasteiger partial charge in [0.15, 0.2) is 0 Å². The molecule has 5 heteroatoms. The van der Waals surface area contributed by atoms with Gasteiger partial charge in [0.2, 0.25) is 6.41 Å². The van der Waals surface area contributed by atoms with E-state index in [1.807, 2.05) is 6.07 Å². The lowest BCUT2D eigenvalue weighted by Gasteiger charge is -2.27. The Morgan fingerprint density at radius 2 is 2.17 bits per heavy atom. The lowest BCUT2D eigenvalue weighted by molar-refractivity contribution is -0.110. The van der Waals surface area contributed by atoms with Crippen molar-refractivity contribution in [3.8, 4) is 11.5 Å². The normalized spacial score (nSPS) is 17.8. The molecule has 0 radical (unpaired) electrons. The van der Waals surface area contributed by atoms with Gasteiger partial charge in [-0.1, -0.05) is 0 Å².